The summed E-state index contributed by atoms with van der Waals surface area (Å²) in [6.07, 6.45) is 0.509. The van der Waals surface area contributed by atoms with Crippen LogP contribution in [0, 0.1) is 0 Å². The molecule has 28 heavy (non-hydrogen) atoms. The molecular weight excluding hydrogens is 367 g/mol. The Hall–Kier alpha value is -2.41. The molecule has 6 nitrogen and oxygen atoms in total. The first-order chi connectivity index (χ1) is 12.9. The number of hydrogen-bond acceptors (Lipinski definition) is 4. The van der Waals surface area contributed by atoms with Gasteiger partial charge in [0.2, 0.25) is 0 Å². The zero-order chi connectivity index (χ0) is 19.6. The van der Waals surface area contributed by atoms with Gasteiger partial charge < -0.3 is 16.5 Å². The summed E-state index contributed by atoms with van der Waals surface area (Å²) < 4.78 is 7.27. The number of amides is 1. The Kier molecular flexibility index (Phi) is 7.18. The topological polar surface area (TPSA) is 91.4 Å². The van der Waals surface area contributed by atoms with E-state index in [0.717, 1.165) is 5.56 Å². The molecule has 0 spiro atoms. The van der Waals surface area contributed by atoms with Crippen LogP contribution in [0.1, 0.15) is 36.9 Å². The van der Waals surface area contributed by atoms with E-state index in [1.165, 1.54) is 6.92 Å². The number of primary amides is 1. The van der Waals surface area contributed by atoms with Crippen molar-refractivity contribution in [1.29, 1.82) is 0 Å². The van der Waals surface area contributed by atoms with Gasteiger partial charge in [0.1, 0.15) is 5.75 Å². The summed E-state index contributed by atoms with van der Waals surface area (Å²) in [7, 11) is 0. The van der Waals surface area contributed by atoms with E-state index in [0.29, 0.717) is 29.6 Å². The van der Waals surface area contributed by atoms with Gasteiger partial charge >= 0.3 is 35.5 Å². The van der Waals surface area contributed by atoms with Crippen molar-refractivity contribution in [2.24, 2.45) is 5.73 Å². The van der Waals surface area contributed by atoms with Crippen molar-refractivity contribution in [2.45, 2.75) is 26.8 Å². The normalized spacial score (nSPS) is 10.4. The van der Waals surface area contributed by atoms with E-state index in [-0.39, 0.29) is 42.3 Å². The van der Waals surface area contributed by atoms with Crippen molar-refractivity contribution >= 4 is 28.6 Å². The van der Waals surface area contributed by atoms with Gasteiger partial charge in [0.05, 0.1) is 16.5 Å². The van der Waals surface area contributed by atoms with Gasteiger partial charge in [-0.25, -0.2) is 0 Å². The smallest absolute Gasteiger partial charge is 1.00 e. The van der Waals surface area contributed by atoms with Gasteiger partial charge in [-0.3, -0.25) is 14.4 Å². The van der Waals surface area contributed by atoms with Crippen LogP contribution in [0.2, 0.25) is 0 Å². The minimum Gasteiger partial charge on any atom is -1.00 e. The number of esters is 1. The van der Waals surface area contributed by atoms with Crippen LogP contribution in [0.4, 0.5) is 0 Å². The summed E-state index contributed by atoms with van der Waals surface area (Å²) in [6.45, 7) is 3.70. The van der Waals surface area contributed by atoms with Gasteiger partial charge in [-0.2, -0.15) is 0 Å². The van der Waals surface area contributed by atoms with E-state index in [4.69, 9.17) is 10.5 Å². The number of carbonyl (C=O) groups is 3. The van der Waals surface area contributed by atoms with Crippen LogP contribution in [0.15, 0.2) is 48.5 Å². The Balaban J connectivity index is 0.00000210. The van der Waals surface area contributed by atoms with Crippen molar-refractivity contribution in [2.75, 3.05) is 0 Å². The van der Waals surface area contributed by atoms with Gasteiger partial charge in [-0.05, 0) is 24.1 Å². The Morgan fingerprint density at radius 2 is 1.75 bits per heavy atom. The van der Waals surface area contributed by atoms with Crippen LogP contribution in [-0.4, -0.2) is 22.2 Å². The number of ether oxygens (including phenoxy) is 1. The van der Waals surface area contributed by atoms with E-state index in [1.54, 1.807) is 12.1 Å². The van der Waals surface area contributed by atoms with Crippen LogP contribution in [0.25, 0.3) is 10.9 Å². The Labute approximate surface area is 186 Å². The van der Waals surface area contributed by atoms with Gasteiger partial charge in [-0.15, -0.1) is 0 Å². The fraction of sp³-hybridized carbons (Fsp3) is 0.190. The minimum absolute atomic E-state index is 0. The Bertz CT molecular complexity index is 1050. The molecule has 3 aromatic rings. The maximum absolute atomic E-state index is 12.6. The summed E-state index contributed by atoms with van der Waals surface area (Å²) in [6, 6.07) is 15.0. The number of hydrogen-bond donors (Lipinski definition) is 1. The largest absolute Gasteiger partial charge is 1.00 e. The van der Waals surface area contributed by atoms with E-state index in [2.05, 4.69) is 0 Å². The summed E-state index contributed by atoms with van der Waals surface area (Å²) in [5, 5.41) is 0.435. The maximum atomic E-state index is 12.6. The molecule has 0 saturated heterocycles. The predicted molar refractivity (Wildman–Crippen MR) is 103 cm³/mol. The molecule has 1 heterocycles. The summed E-state index contributed by atoms with van der Waals surface area (Å²) in [5.41, 5.74) is 7.92. The fourth-order valence-corrected chi connectivity index (χ4v) is 3.34. The first-order valence-electron chi connectivity index (χ1n) is 8.64. The minimum atomic E-state index is -1.04. The molecular formula is C21H21N2NaO4. The Morgan fingerprint density at radius 3 is 2.32 bits per heavy atom. The summed E-state index contributed by atoms with van der Waals surface area (Å²) in [4.78, 5) is 35.8. The second kappa shape index (κ2) is 9.19. The van der Waals surface area contributed by atoms with Crippen LogP contribution in [0.3, 0.4) is 0 Å². The first-order valence-corrected chi connectivity index (χ1v) is 8.64. The molecule has 2 aromatic carbocycles. The molecule has 2 N–H and O–H groups in total. The van der Waals surface area contributed by atoms with Crippen molar-refractivity contribution in [3.63, 3.8) is 0 Å². The molecule has 1 amide bonds. The third-order valence-corrected chi connectivity index (χ3v) is 4.38. The van der Waals surface area contributed by atoms with Crippen molar-refractivity contribution in [3.8, 4) is 5.75 Å². The van der Waals surface area contributed by atoms with E-state index in [9.17, 15) is 14.4 Å². The number of nitrogens with zero attached hydrogens (tertiary/aromatic N) is 1. The van der Waals surface area contributed by atoms with Gasteiger partial charge in [0.15, 0.2) is 0 Å². The number of Topliss-reactive ketones (excluding diaryl/α,β-unsaturated/α-hetero) is 1. The number of ketones is 1. The van der Waals surface area contributed by atoms with E-state index < -0.39 is 17.7 Å². The van der Waals surface area contributed by atoms with Crippen molar-refractivity contribution < 1.29 is 50.1 Å². The second-order valence-corrected chi connectivity index (χ2v) is 6.18. The summed E-state index contributed by atoms with van der Waals surface area (Å²) in [5.74, 6) is -2.09. The molecule has 0 aliphatic heterocycles. The molecule has 0 bridgehead atoms. The molecule has 0 unspecified atom stereocenters. The van der Waals surface area contributed by atoms with Crippen LogP contribution in [-0.2, 0) is 22.6 Å². The molecule has 140 valence electrons. The number of rotatable bonds is 6. The van der Waals surface area contributed by atoms with Crippen molar-refractivity contribution in [3.05, 3.63) is 65.4 Å². The molecule has 3 rings (SSSR count). The fourth-order valence-electron chi connectivity index (χ4n) is 3.34. The van der Waals surface area contributed by atoms with Gasteiger partial charge in [0.25, 0.3) is 11.7 Å². The standard InChI is InChI=1S/C21H20N2O4.Na.H/c1-3-15-19(20(25)21(22)26)18-16(10-7-11-17(18)27-13(2)24)23(15)12-14-8-5-4-6-9-14;;/h4-11H,3,12H2,1-2H3,(H2,22,26);;/q;+1;-1. The molecule has 0 atom stereocenters. The van der Waals surface area contributed by atoms with Crippen LogP contribution >= 0.6 is 0 Å². The van der Waals surface area contributed by atoms with E-state index >= 15 is 0 Å². The number of benzene rings is 2. The number of fused-ring (bicyclic) bond motifs is 1. The van der Waals surface area contributed by atoms with E-state index in [1.807, 2.05) is 47.9 Å². The Morgan fingerprint density at radius 1 is 1.07 bits per heavy atom. The predicted octanol–water partition coefficient (Wildman–Crippen LogP) is -0.0382. The molecule has 0 fully saturated rings. The van der Waals surface area contributed by atoms with Gasteiger partial charge in [-0.1, -0.05) is 43.3 Å². The van der Waals surface area contributed by atoms with Crippen LogP contribution < -0.4 is 40.0 Å². The summed E-state index contributed by atoms with van der Waals surface area (Å²) >= 11 is 0. The second-order valence-electron chi connectivity index (χ2n) is 6.18. The zero-order valence-electron chi connectivity index (χ0n) is 17.2. The zero-order valence-corrected chi connectivity index (χ0v) is 18.2. The molecule has 0 radical (unpaired) electrons. The monoisotopic (exact) mass is 388 g/mol. The average molecular weight is 388 g/mol. The third kappa shape index (κ3) is 4.19. The van der Waals surface area contributed by atoms with Crippen molar-refractivity contribution in [1.82, 2.24) is 4.57 Å². The SMILES string of the molecule is CCc1c(C(=O)C(N)=O)c2c(OC(C)=O)cccc2n1Cc1ccccc1.[H-].[Na+]. The third-order valence-electron chi connectivity index (χ3n) is 4.38. The average Bonchev–Trinajstić information content (AvgIpc) is 2.96. The maximum Gasteiger partial charge on any atom is 1.00 e. The van der Waals surface area contributed by atoms with Gasteiger partial charge in [0, 0.05) is 19.2 Å². The molecule has 0 aliphatic carbocycles. The number of carbonyl (C=O) groups excluding carboxylic acids is 3. The first kappa shape index (κ1) is 21.9. The van der Waals surface area contributed by atoms with Crippen LogP contribution in [0.5, 0.6) is 5.75 Å². The quantitative estimate of drug-likeness (QED) is 0.211. The number of aromatic nitrogens is 1. The molecule has 7 heteroatoms. The molecule has 0 saturated carbocycles. The molecule has 1 aromatic heterocycles. The number of nitrogens with two attached hydrogens (primary N) is 1. The molecule has 0 aliphatic rings.